The molecule has 0 aliphatic heterocycles. The van der Waals surface area contributed by atoms with Crippen molar-refractivity contribution in [3.05, 3.63) is 48.0 Å². The van der Waals surface area contributed by atoms with Gasteiger partial charge in [-0.05, 0) is 54.7 Å². The lowest BCUT2D eigenvalue weighted by Crippen LogP contribution is -2.17. The minimum atomic E-state index is -0.238. The molecular weight excluding hydrogens is 342 g/mol. The molecule has 3 rings (SSSR count). The zero-order valence-electron chi connectivity index (χ0n) is 15.5. The van der Waals surface area contributed by atoms with E-state index in [1.54, 1.807) is 43.4 Å². The summed E-state index contributed by atoms with van der Waals surface area (Å²) in [4.78, 5) is 24.1. The van der Waals surface area contributed by atoms with Gasteiger partial charge in [-0.15, -0.1) is 0 Å². The smallest absolute Gasteiger partial charge is 0.311 e. The summed E-state index contributed by atoms with van der Waals surface area (Å²) in [6.07, 6.45) is 6.22. The number of benzene rings is 2. The average Bonchev–Trinajstić information content (AvgIpc) is 2.69. The number of nitrogens with one attached hydrogen (secondary N) is 1. The Morgan fingerprint density at radius 2 is 1.89 bits per heavy atom. The van der Waals surface area contributed by atoms with Crippen molar-refractivity contribution in [3.63, 3.8) is 0 Å². The third kappa shape index (κ3) is 4.88. The number of phenolic OH excluding ortho intramolecular Hbond substituents is 1. The van der Waals surface area contributed by atoms with Gasteiger partial charge in [0.1, 0.15) is 11.5 Å². The Morgan fingerprint density at radius 1 is 1.11 bits per heavy atom. The number of hydrogen-bond acceptors (Lipinski definition) is 4. The van der Waals surface area contributed by atoms with Crippen LogP contribution in [0.15, 0.2) is 42.5 Å². The fraction of sp³-hybridized carbons (Fsp3) is 0.364. The van der Waals surface area contributed by atoms with Crippen LogP contribution >= 0.6 is 0 Å². The first-order chi connectivity index (χ1) is 13.1. The van der Waals surface area contributed by atoms with Gasteiger partial charge in [-0.3, -0.25) is 9.59 Å². The fourth-order valence-electron chi connectivity index (χ4n) is 3.58. The van der Waals surface area contributed by atoms with Gasteiger partial charge in [0.25, 0.3) is 5.91 Å². The maximum Gasteiger partial charge on any atom is 0.311 e. The lowest BCUT2D eigenvalue weighted by atomic mass is 9.87. The molecule has 142 valence electrons. The first-order valence-electron chi connectivity index (χ1n) is 9.43. The van der Waals surface area contributed by atoms with E-state index < -0.39 is 0 Å². The summed E-state index contributed by atoms with van der Waals surface area (Å²) in [5.41, 5.74) is 1.69. The van der Waals surface area contributed by atoms with Crippen molar-refractivity contribution in [1.82, 2.24) is 5.32 Å². The van der Waals surface area contributed by atoms with E-state index in [9.17, 15) is 14.7 Å². The van der Waals surface area contributed by atoms with E-state index in [1.807, 2.05) is 0 Å². The normalized spacial score (nSPS) is 14.6. The molecule has 1 fully saturated rings. The Balaban J connectivity index is 1.76. The van der Waals surface area contributed by atoms with Gasteiger partial charge in [-0.2, -0.15) is 0 Å². The number of amides is 1. The second-order valence-corrected chi connectivity index (χ2v) is 7.02. The third-order valence-corrected chi connectivity index (χ3v) is 5.04. The Bertz CT molecular complexity index is 825. The van der Waals surface area contributed by atoms with Gasteiger partial charge in [-0.1, -0.05) is 31.4 Å². The highest BCUT2D eigenvalue weighted by molar-refractivity contribution is 5.95. The Morgan fingerprint density at radius 3 is 2.63 bits per heavy atom. The van der Waals surface area contributed by atoms with Crippen LogP contribution in [-0.2, 0) is 4.79 Å². The zero-order chi connectivity index (χ0) is 19.2. The summed E-state index contributed by atoms with van der Waals surface area (Å²) in [5.74, 6) is 0.432. The van der Waals surface area contributed by atoms with E-state index in [0.717, 1.165) is 12.8 Å². The van der Waals surface area contributed by atoms with Gasteiger partial charge in [0, 0.05) is 24.6 Å². The standard InChI is InChI=1S/C22H25NO4/c1-23-22(26)17-9-5-8-16(13-17)19-14-18(10-11-20(19)24)27-21(25)12-15-6-3-2-4-7-15/h5,8-11,13-15,24H,2-4,6-7,12H2,1H3,(H,23,26). The van der Waals surface area contributed by atoms with Gasteiger partial charge < -0.3 is 15.2 Å². The highest BCUT2D eigenvalue weighted by Crippen LogP contribution is 2.34. The highest BCUT2D eigenvalue weighted by Gasteiger charge is 2.19. The molecule has 0 aromatic heterocycles. The molecule has 2 aromatic rings. The van der Waals surface area contributed by atoms with Crippen LogP contribution in [0.1, 0.15) is 48.9 Å². The van der Waals surface area contributed by atoms with Crippen LogP contribution in [0.3, 0.4) is 0 Å². The number of aromatic hydroxyl groups is 1. The van der Waals surface area contributed by atoms with Crippen molar-refractivity contribution in [2.24, 2.45) is 5.92 Å². The molecule has 0 unspecified atom stereocenters. The Labute approximate surface area is 159 Å². The van der Waals surface area contributed by atoms with Crippen molar-refractivity contribution in [2.75, 3.05) is 7.05 Å². The van der Waals surface area contributed by atoms with E-state index in [0.29, 0.717) is 34.8 Å². The summed E-state index contributed by atoms with van der Waals surface area (Å²) in [6.45, 7) is 0. The quantitative estimate of drug-likeness (QED) is 0.610. The fourth-order valence-corrected chi connectivity index (χ4v) is 3.58. The minimum absolute atomic E-state index is 0.0659. The number of rotatable bonds is 5. The van der Waals surface area contributed by atoms with Crippen LogP contribution in [0.5, 0.6) is 11.5 Å². The molecule has 27 heavy (non-hydrogen) atoms. The third-order valence-electron chi connectivity index (χ3n) is 5.04. The second-order valence-electron chi connectivity index (χ2n) is 7.02. The van der Waals surface area contributed by atoms with Crippen LogP contribution in [0, 0.1) is 5.92 Å². The first-order valence-corrected chi connectivity index (χ1v) is 9.43. The highest BCUT2D eigenvalue weighted by atomic mass is 16.5. The van der Waals surface area contributed by atoms with E-state index in [4.69, 9.17) is 4.74 Å². The average molecular weight is 367 g/mol. The molecule has 1 saturated carbocycles. The molecular formula is C22H25NO4. The second kappa shape index (κ2) is 8.71. The molecule has 0 bridgehead atoms. The predicted octanol–water partition coefficient (Wildman–Crippen LogP) is 4.29. The van der Waals surface area contributed by atoms with Crippen LogP contribution in [0.25, 0.3) is 11.1 Å². The van der Waals surface area contributed by atoms with Crippen LogP contribution in [0.2, 0.25) is 0 Å². The van der Waals surface area contributed by atoms with Crippen LogP contribution in [0.4, 0.5) is 0 Å². The van der Waals surface area contributed by atoms with Crippen molar-refractivity contribution in [1.29, 1.82) is 0 Å². The number of carbonyl (C=O) groups is 2. The summed E-state index contributed by atoms with van der Waals surface area (Å²) >= 11 is 0. The van der Waals surface area contributed by atoms with E-state index in [2.05, 4.69) is 5.32 Å². The van der Waals surface area contributed by atoms with Gasteiger partial charge in [-0.25, -0.2) is 0 Å². The molecule has 1 amide bonds. The largest absolute Gasteiger partial charge is 0.507 e. The van der Waals surface area contributed by atoms with E-state index >= 15 is 0 Å². The maximum atomic E-state index is 12.3. The Hall–Kier alpha value is -2.82. The number of hydrogen-bond donors (Lipinski definition) is 2. The zero-order valence-corrected chi connectivity index (χ0v) is 15.5. The molecule has 5 heteroatoms. The van der Waals surface area contributed by atoms with Crippen LogP contribution < -0.4 is 10.1 Å². The molecule has 2 aromatic carbocycles. The molecule has 0 atom stereocenters. The minimum Gasteiger partial charge on any atom is -0.507 e. The Kier molecular flexibility index (Phi) is 6.12. The lowest BCUT2D eigenvalue weighted by Gasteiger charge is -2.20. The molecule has 0 spiro atoms. The summed E-state index contributed by atoms with van der Waals surface area (Å²) in [6, 6.07) is 11.7. The monoisotopic (exact) mass is 367 g/mol. The lowest BCUT2D eigenvalue weighted by molar-refractivity contribution is -0.135. The molecule has 5 nitrogen and oxygen atoms in total. The maximum absolute atomic E-state index is 12.3. The summed E-state index contributed by atoms with van der Waals surface area (Å²) in [7, 11) is 1.57. The predicted molar refractivity (Wildman–Crippen MR) is 104 cm³/mol. The van der Waals surface area contributed by atoms with Crippen molar-refractivity contribution < 1.29 is 19.4 Å². The SMILES string of the molecule is CNC(=O)c1cccc(-c2cc(OC(=O)CC3CCCCC3)ccc2O)c1. The molecule has 0 saturated heterocycles. The molecule has 2 N–H and O–H groups in total. The molecule has 0 heterocycles. The molecule has 1 aliphatic rings. The summed E-state index contributed by atoms with van der Waals surface area (Å²) in [5, 5.41) is 12.8. The van der Waals surface area contributed by atoms with Gasteiger partial charge >= 0.3 is 5.97 Å². The van der Waals surface area contributed by atoms with Crippen molar-refractivity contribution in [2.45, 2.75) is 38.5 Å². The first kappa shape index (κ1) is 19.0. The number of phenols is 1. The van der Waals surface area contributed by atoms with E-state index in [1.165, 1.54) is 25.3 Å². The number of esters is 1. The molecule has 1 aliphatic carbocycles. The number of ether oxygens (including phenoxy) is 1. The topological polar surface area (TPSA) is 75.6 Å². The van der Waals surface area contributed by atoms with Crippen LogP contribution in [-0.4, -0.2) is 24.0 Å². The van der Waals surface area contributed by atoms with Crippen molar-refractivity contribution in [3.8, 4) is 22.6 Å². The van der Waals surface area contributed by atoms with Gasteiger partial charge in [0.2, 0.25) is 0 Å². The van der Waals surface area contributed by atoms with Crippen molar-refractivity contribution >= 4 is 11.9 Å². The van der Waals surface area contributed by atoms with Gasteiger partial charge in [0.15, 0.2) is 0 Å². The number of carbonyl (C=O) groups excluding carboxylic acids is 2. The van der Waals surface area contributed by atoms with Gasteiger partial charge in [0.05, 0.1) is 0 Å². The molecule has 0 radical (unpaired) electrons. The summed E-state index contributed by atoms with van der Waals surface area (Å²) < 4.78 is 5.50. The van der Waals surface area contributed by atoms with E-state index in [-0.39, 0.29) is 17.6 Å².